The number of rotatable bonds is 1. The molecule has 3 fully saturated rings. The molecule has 1 unspecified atom stereocenters. The number of carbonyl (C=O) groups is 1. The molecule has 0 radical (unpaired) electrons. The summed E-state index contributed by atoms with van der Waals surface area (Å²) in [5.41, 5.74) is 0.725. The molecule has 3 rings (SSSR count). The number of fused-ring (bicyclic) bond motifs is 2. The summed E-state index contributed by atoms with van der Waals surface area (Å²) in [6.45, 7) is 11.5. The molecule has 0 amide bonds. The number of hydrogen-bond donors (Lipinski definition) is 0. The molecule has 15 heavy (non-hydrogen) atoms. The van der Waals surface area contributed by atoms with Crippen LogP contribution < -0.4 is 0 Å². The molecule has 0 N–H and O–H groups in total. The van der Waals surface area contributed by atoms with Crippen molar-refractivity contribution in [2.45, 2.75) is 53.9 Å². The zero-order chi connectivity index (χ0) is 11.4. The van der Waals surface area contributed by atoms with Crippen molar-refractivity contribution in [1.82, 2.24) is 0 Å². The molecular formula is C14H24O. The van der Waals surface area contributed by atoms with Gasteiger partial charge in [0.2, 0.25) is 0 Å². The SMILES string of the molecule is CC(C)(C)CC1C(=O)C[C@H]2C[C@@H]1C2(C)C. The molecule has 1 heteroatoms. The van der Waals surface area contributed by atoms with Crippen LogP contribution in [0.25, 0.3) is 0 Å². The minimum atomic E-state index is 0.291. The van der Waals surface area contributed by atoms with E-state index in [0.29, 0.717) is 34.4 Å². The van der Waals surface area contributed by atoms with Crippen LogP contribution in [0, 0.1) is 28.6 Å². The third-order valence-electron chi connectivity index (χ3n) is 4.73. The van der Waals surface area contributed by atoms with Crippen molar-refractivity contribution in [2.75, 3.05) is 0 Å². The van der Waals surface area contributed by atoms with Gasteiger partial charge >= 0.3 is 0 Å². The number of carbonyl (C=O) groups excluding carboxylic acids is 1. The van der Waals surface area contributed by atoms with E-state index in [9.17, 15) is 4.79 Å². The minimum absolute atomic E-state index is 0.291. The third kappa shape index (κ3) is 1.74. The summed E-state index contributed by atoms with van der Waals surface area (Å²) >= 11 is 0. The Morgan fingerprint density at radius 1 is 1.33 bits per heavy atom. The summed E-state index contributed by atoms with van der Waals surface area (Å²) in [5, 5.41) is 0. The van der Waals surface area contributed by atoms with E-state index in [1.807, 2.05) is 0 Å². The lowest BCUT2D eigenvalue weighted by molar-refractivity contribution is -0.157. The van der Waals surface area contributed by atoms with E-state index in [-0.39, 0.29) is 0 Å². The fourth-order valence-electron chi connectivity index (χ4n) is 3.62. The zero-order valence-electron chi connectivity index (χ0n) is 10.8. The second-order valence-electron chi connectivity index (χ2n) is 7.40. The second kappa shape index (κ2) is 3.09. The quantitative estimate of drug-likeness (QED) is 0.642. The molecule has 0 aromatic heterocycles. The summed E-state index contributed by atoms with van der Waals surface area (Å²) in [5.74, 6) is 2.25. The Morgan fingerprint density at radius 3 is 2.40 bits per heavy atom. The van der Waals surface area contributed by atoms with Gasteiger partial charge in [-0.3, -0.25) is 4.79 Å². The average Bonchev–Trinajstić information content (AvgIpc) is 2.05. The Kier molecular flexibility index (Phi) is 2.30. The van der Waals surface area contributed by atoms with E-state index in [0.717, 1.165) is 12.8 Å². The highest BCUT2D eigenvalue weighted by molar-refractivity contribution is 5.83. The summed E-state index contributed by atoms with van der Waals surface area (Å²) in [4.78, 5) is 12.0. The maximum absolute atomic E-state index is 12.0. The highest BCUT2D eigenvalue weighted by Gasteiger charge is 2.57. The normalized spacial score (nSPS) is 38.7. The van der Waals surface area contributed by atoms with Crippen LogP contribution in [0.5, 0.6) is 0 Å². The average molecular weight is 208 g/mol. The molecular weight excluding hydrogens is 184 g/mol. The predicted molar refractivity (Wildman–Crippen MR) is 62.6 cm³/mol. The molecule has 2 bridgehead atoms. The Balaban J connectivity index is 2.13. The van der Waals surface area contributed by atoms with E-state index in [1.165, 1.54) is 6.42 Å². The molecule has 3 aliphatic rings. The molecule has 0 aromatic carbocycles. The van der Waals surface area contributed by atoms with Crippen molar-refractivity contribution >= 4 is 5.78 Å². The first-order valence-corrected chi connectivity index (χ1v) is 6.24. The second-order valence-corrected chi connectivity index (χ2v) is 7.40. The van der Waals surface area contributed by atoms with Gasteiger partial charge in [0.05, 0.1) is 0 Å². The molecule has 0 spiro atoms. The highest BCUT2D eigenvalue weighted by atomic mass is 16.1. The molecule has 0 aliphatic heterocycles. The first kappa shape index (κ1) is 11.2. The Bertz CT molecular complexity index is 282. The van der Waals surface area contributed by atoms with Gasteiger partial charge in [-0.15, -0.1) is 0 Å². The summed E-state index contributed by atoms with van der Waals surface area (Å²) < 4.78 is 0. The molecule has 0 heterocycles. The van der Waals surface area contributed by atoms with Crippen molar-refractivity contribution in [2.24, 2.45) is 28.6 Å². The molecule has 3 atom stereocenters. The third-order valence-corrected chi connectivity index (χ3v) is 4.73. The van der Waals surface area contributed by atoms with Gasteiger partial charge in [0.1, 0.15) is 5.78 Å². The van der Waals surface area contributed by atoms with Gasteiger partial charge in [0.15, 0.2) is 0 Å². The van der Waals surface area contributed by atoms with Crippen molar-refractivity contribution in [1.29, 1.82) is 0 Å². The van der Waals surface area contributed by atoms with Crippen LogP contribution in [0.2, 0.25) is 0 Å². The van der Waals surface area contributed by atoms with Crippen LogP contribution in [-0.2, 0) is 4.79 Å². The largest absolute Gasteiger partial charge is 0.299 e. The summed E-state index contributed by atoms with van der Waals surface area (Å²) in [6.07, 6.45) is 3.23. The van der Waals surface area contributed by atoms with Crippen molar-refractivity contribution in [3.8, 4) is 0 Å². The summed E-state index contributed by atoms with van der Waals surface area (Å²) in [6, 6.07) is 0. The molecule has 1 nitrogen and oxygen atoms in total. The van der Waals surface area contributed by atoms with Crippen LogP contribution in [0.4, 0.5) is 0 Å². The lowest BCUT2D eigenvalue weighted by atomic mass is 9.44. The monoisotopic (exact) mass is 208 g/mol. The number of hydrogen-bond acceptors (Lipinski definition) is 1. The van der Waals surface area contributed by atoms with Gasteiger partial charge in [0.25, 0.3) is 0 Å². The van der Waals surface area contributed by atoms with E-state index in [1.54, 1.807) is 0 Å². The standard InChI is InChI=1S/C14H24O/c1-13(2,3)8-10-11-6-9(7-12(10)15)14(11,4)5/h9-11H,6-8H2,1-5H3/t9-,10?,11+/m1/s1. The van der Waals surface area contributed by atoms with Gasteiger partial charge in [-0.25, -0.2) is 0 Å². The Labute approximate surface area is 93.6 Å². The first-order valence-electron chi connectivity index (χ1n) is 6.24. The Morgan fingerprint density at radius 2 is 1.93 bits per heavy atom. The van der Waals surface area contributed by atoms with Gasteiger partial charge < -0.3 is 0 Å². The molecule has 3 saturated carbocycles. The van der Waals surface area contributed by atoms with Crippen molar-refractivity contribution in [3.63, 3.8) is 0 Å². The lowest BCUT2D eigenvalue weighted by Crippen LogP contribution is -2.56. The van der Waals surface area contributed by atoms with Crippen LogP contribution in [0.3, 0.4) is 0 Å². The molecule has 0 aromatic rings. The molecule has 3 aliphatic carbocycles. The van der Waals surface area contributed by atoms with Gasteiger partial charge in [-0.2, -0.15) is 0 Å². The highest BCUT2D eigenvalue weighted by Crippen LogP contribution is 2.61. The maximum Gasteiger partial charge on any atom is 0.136 e. The summed E-state index contributed by atoms with van der Waals surface area (Å²) in [7, 11) is 0. The van der Waals surface area contributed by atoms with Gasteiger partial charge in [-0.1, -0.05) is 34.6 Å². The van der Waals surface area contributed by atoms with E-state index < -0.39 is 0 Å². The maximum atomic E-state index is 12.0. The molecule has 86 valence electrons. The van der Waals surface area contributed by atoms with E-state index in [4.69, 9.17) is 0 Å². The first-order chi connectivity index (χ1) is 6.72. The van der Waals surface area contributed by atoms with E-state index in [2.05, 4.69) is 34.6 Å². The van der Waals surface area contributed by atoms with Crippen LogP contribution in [0.15, 0.2) is 0 Å². The van der Waals surface area contributed by atoms with Crippen LogP contribution >= 0.6 is 0 Å². The smallest absolute Gasteiger partial charge is 0.136 e. The van der Waals surface area contributed by atoms with Gasteiger partial charge in [0, 0.05) is 12.3 Å². The fourth-order valence-corrected chi connectivity index (χ4v) is 3.62. The Hall–Kier alpha value is -0.330. The van der Waals surface area contributed by atoms with E-state index >= 15 is 0 Å². The molecule has 0 saturated heterocycles. The topological polar surface area (TPSA) is 17.1 Å². The van der Waals surface area contributed by atoms with Crippen LogP contribution in [-0.4, -0.2) is 5.78 Å². The van der Waals surface area contributed by atoms with Crippen molar-refractivity contribution < 1.29 is 4.79 Å². The number of ketones is 1. The fraction of sp³-hybridized carbons (Fsp3) is 0.929. The minimum Gasteiger partial charge on any atom is -0.299 e. The van der Waals surface area contributed by atoms with Crippen LogP contribution in [0.1, 0.15) is 53.9 Å². The predicted octanol–water partition coefficient (Wildman–Crippen LogP) is 3.67. The van der Waals surface area contributed by atoms with Gasteiger partial charge in [-0.05, 0) is 35.5 Å². The van der Waals surface area contributed by atoms with Crippen molar-refractivity contribution in [3.05, 3.63) is 0 Å². The lowest BCUT2D eigenvalue weighted by Gasteiger charge is -2.60. The zero-order valence-corrected chi connectivity index (χ0v) is 10.8. The number of Topliss-reactive ketones (excluding diaryl/α,β-unsaturated/α-hetero) is 1.